The summed E-state index contributed by atoms with van der Waals surface area (Å²) in [5, 5.41) is 14.1. The number of aryl methyl sites for hydroxylation is 1. The van der Waals surface area contributed by atoms with Gasteiger partial charge in [0.1, 0.15) is 4.99 Å². The molecule has 156 valence electrons. The molecule has 0 fully saturated rings. The van der Waals surface area contributed by atoms with Crippen LogP contribution in [0.25, 0.3) is 16.8 Å². The third-order valence-electron chi connectivity index (χ3n) is 4.77. The van der Waals surface area contributed by atoms with Crippen molar-refractivity contribution in [3.63, 3.8) is 0 Å². The van der Waals surface area contributed by atoms with Crippen LogP contribution in [0.2, 0.25) is 0 Å². The molecule has 31 heavy (non-hydrogen) atoms. The largest absolute Gasteiger partial charge is 0.503 e. The maximum absolute atomic E-state index is 13.5. The standard InChI is InChI=1S/C23H19N3O3S2/c1-26-19-15-9-8-14-18(19)25-22(26)20(27)21(23(30)24-16-10-4-2-5-11-16)31(28,29)17-12-6-3-7-13-17/h2-15,27H,1H3,(H,24,30)/b21-20+. The minimum Gasteiger partial charge on any atom is -0.503 e. The van der Waals surface area contributed by atoms with E-state index in [1.54, 1.807) is 60.1 Å². The van der Waals surface area contributed by atoms with Crippen LogP contribution in [-0.2, 0) is 16.9 Å². The molecule has 1 aromatic heterocycles. The lowest BCUT2D eigenvalue weighted by Crippen LogP contribution is -2.22. The lowest BCUT2D eigenvalue weighted by molar-refractivity contribution is 0.500. The Morgan fingerprint density at radius 2 is 1.52 bits per heavy atom. The first-order valence-corrected chi connectivity index (χ1v) is 11.3. The highest BCUT2D eigenvalue weighted by Crippen LogP contribution is 2.29. The Morgan fingerprint density at radius 1 is 0.935 bits per heavy atom. The minimum absolute atomic E-state index is 0.0209. The third kappa shape index (κ3) is 3.95. The molecule has 4 aromatic rings. The van der Waals surface area contributed by atoms with Crippen LogP contribution >= 0.6 is 12.2 Å². The molecule has 0 saturated carbocycles. The van der Waals surface area contributed by atoms with Crippen molar-refractivity contribution in [3.8, 4) is 0 Å². The summed E-state index contributed by atoms with van der Waals surface area (Å²) in [5.74, 6) is -0.413. The smallest absolute Gasteiger partial charge is 0.213 e. The van der Waals surface area contributed by atoms with Gasteiger partial charge in [-0.15, -0.1) is 0 Å². The molecule has 8 heteroatoms. The first-order chi connectivity index (χ1) is 14.9. The zero-order valence-corrected chi connectivity index (χ0v) is 18.2. The molecule has 1 heterocycles. The summed E-state index contributed by atoms with van der Waals surface area (Å²) in [6.07, 6.45) is 0. The van der Waals surface area contributed by atoms with E-state index >= 15 is 0 Å². The van der Waals surface area contributed by atoms with E-state index in [4.69, 9.17) is 12.2 Å². The molecule has 0 spiro atoms. The van der Waals surface area contributed by atoms with Crippen molar-refractivity contribution in [2.45, 2.75) is 4.90 Å². The molecule has 6 nitrogen and oxygen atoms in total. The highest BCUT2D eigenvalue weighted by molar-refractivity contribution is 7.98. The number of rotatable bonds is 5. The van der Waals surface area contributed by atoms with E-state index in [0.717, 1.165) is 5.52 Å². The number of hydrogen-bond acceptors (Lipinski definition) is 5. The maximum atomic E-state index is 13.5. The van der Waals surface area contributed by atoms with Crippen molar-refractivity contribution >= 4 is 49.5 Å². The maximum Gasteiger partial charge on any atom is 0.213 e. The Hall–Kier alpha value is -3.49. The molecule has 0 atom stereocenters. The number of fused-ring (bicyclic) bond motifs is 1. The Kier molecular flexibility index (Phi) is 5.58. The van der Waals surface area contributed by atoms with Crippen LogP contribution in [0.15, 0.2) is 94.7 Å². The van der Waals surface area contributed by atoms with Gasteiger partial charge in [-0.05, 0) is 36.4 Å². The second-order valence-electron chi connectivity index (χ2n) is 6.80. The molecule has 2 N–H and O–H groups in total. The van der Waals surface area contributed by atoms with Crippen LogP contribution in [-0.4, -0.2) is 28.1 Å². The summed E-state index contributed by atoms with van der Waals surface area (Å²) in [7, 11) is -2.44. The van der Waals surface area contributed by atoms with Gasteiger partial charge in [0.15, 0.2) is 16.5 Å². The normalized spacial score (nSPS) is 12.4. The van der Waals surface area contributed by atoms with E-state index in [9.17, 15) is 13.5 Å². The van der Waals surface area contributed by atoms with Gasteiger partial charge in [-0.3, -0.25) is 0 Å². The first kappa shape index (κ1) is 20.8. The number of benzene rings is 3. The fourth-order valence-corrected chi connectivity index (χ4v) is 5.18. The van der Waals surface area contributed by atoms with Gasteiger partial charge in [0.2, 0.25) is 9.84 Å². The molecule has 0 aliphatic carbocycles. The van der Waals surface area contributed by atoms with Gasteiger partial charge >= 0.3 is 0 Å². The summed E-state index contributed by atoms with van der Waals surface area (Å²) < 4.78 is 28.7. The van der Waals surface area contributed by atoms with Crippen LogP contribution in [0.1, 0.15) is 5.82 Å². The van der Waals surface area contributed by atoms with Crippen molar-refractivity contribution in [2.75, 3.05) is 5.32 Å². The molecule has 0 bridgehead atoms. The first-order valence-electron chi connectivity index (χ1n) is 9.41. The van der Waals surface area contributed by atoms with Gasteiger partial charge in [-0.2, -0.15) is 0 Å². The van der Waals surface area contributed by atoms with Gasteiger partial charge in [0, 0.05) is 12.7 Å². The highest BCUT2D eigenvalue weighted by atomic mass is 32.2. The predicted octanol–water partition coefficient (Wildman–Crippen LogP) is 4.71. The average molecular weight is 450 g/mol. The van der Waals surface area contributed by atoms with Crippen molar-refractivity contribution in [1.82, 2.24) is 9.55 Å². The number of hydrogen-bond donors (Lipinski definition) is 2. The fraction of sp³-hybridized carbons (Fsp3) is 0.0435. The number of nitrogens with zero attached hydrogens (tertiary/aromatic N) is 2. The van der Waals surface area contributed by atoms with E-state index in [2.05, 4.69) is 10.3 Å². The van der Waals surface area contributed by atoms with Crippen molar-refractivity contribution in [2.24, 2.45) is 7.05 Å². The Morgan fingerprint density at radius 3 is 2.16 bits per heavy atom. The van der Waals surface area contributed by atoms with Gasteiger partial charge < -0.3 is 15.0 Å². The van der Waals surface area contributed by atoms with E-state index in [-0.39, 0.29) is 15.7 Å². The predicted molar refractivity (Wildman–Crippen MR) is 127 cm³/mol. The Labute approximate surface area is 185 Å². The van der Waals surface area contributed by atoms with Crippen molar-refractivity contribution in [3.05, 3.63) is 95.7 Å². The monoisotopic (exact) mass is 449 g/mol. The second kappa shape index (κ2) is 8.33. The van der Waals surface area contributed by atoms with Gasteiger partial charge in [-0.1, -0.05) is 60.7 Å². The minimum atomic E-state index is -4.15. The lowest BCUT2D eigenvalue weighted by Gasteiger charge is -2.15. The Balaban J connectivity index is 1.92. The van der Waals surface area contributed by atoms with Gasteiger partial charge in [-0.25, -0.2) is 13.4 Å². The molecule has 0 radical (unpaired) electrons. The van der Waals surface area contributed by atoms with E-state index < -0.39 is 20.5 Å². The molecular weight excluding hydrogens is 430 g/mol. The third-order valence-corrected chi connectivity index (χ3v) is 7.04. The summed E-state index contributed by atoms with van der Waals surface area (Å²) in [5.41, 5.74) is 1.98. The molecule has 0 unspecified atom stereocenters. The molecule has 0 aliphatic rings. The zero-order valence-electron chi connectivity index (χ0n) is 16.6. The van der Waals surface area contributed by atoms with Gasteiger partial charge in [0.05, 0.1) is 15.9 Å². The second-order valence-corrected chi connectivity index (χ2v) is 9.09. The summed E-state index contributed by atoms with van der Waals surface area (Å²) in [4.78, 5) is 3.92. The van der Waals surface area contributed by atoms with Crippen LogP contribution in [0.3, 0.4) is 0 Å². The zero-order chi connectivity index (χ0) is 22.0. The molecule has 0 saturated heterocycles. The number of aliphatic hydroxyl groups excluding tert-OH is 1. The fourth-order valence-electron chi connectivity index (χ4n) is 3.24. The van der Waals surface area contributed by atoms with Gasteiger partial charge in [0.25, 0.3) is 0 Å². The summed E-state index contributed by atoms with van der Waals surface area (Å²) in [6, 6.07) is 24.1. The van der Waals surface area contributed by atoms with E-state index in [0.29, 0.717) is 11.2 Å². The molecule has 0 aliphatic heterocycles. The van der Waals surface area contributed by atoms with E-state index in [1.165, 1.54) is 12.1 Å². The number of aromatic nitrogens is 2. The SMILES string of the molecule is Cn1c(/C(O)=C(/C(=S)Nc2ccccc2)S(=O)(=O)c2ccccc2)nc2ccccc21. The molecule has 4 rings (SSSR count). The number of thiocarbonyl (C=S) groups is 1. The van der Waals surface area contributed by atoms with Crippen LogP contribution in [0.5, 0.6) is 0 Å². The number of anilines is 1. The number of aliphatic hydroxyl groups is 1. The quantitative estimate of drug-likeness (QED) is 0.261. The highest BCUT2D eigenvalue weighted by Gasteiger charge is 2.31. The molecular formula is C23H19N3O3S2. The summed E-state index contributed by atoms with van der Waals surface area (Å²) >= 11 is 5.46. The number of para-hydroxylation sites is 3. The number of imidazole rings is 1. The van der Waals surface area contributed by atoms with Crippen molar-refractivity contribution in [1.29, 1.82) is 0 Å². The Bertz CT molecular complexity index is 1390. The average Bonchev–Trinajstić information content (AvgIpc) is 3.12. The van der Waals surface area contributed by atoms with E-state index in [1.807, 2.05) is 24.3 Å². The summed E-state index contributed by atoms with van der Waals surface area (Å²) in [6.45, 7) is 0. The number of sulfone groups is 1. The molecule has 3 aromatic carbocycles. The molecule has 0 amide bonds. The van der Waals surface area contributed by atoms with Crippen LogP contribution < -0.4 is 5.32 Å². The number of nitrogens with one attached hydrogen (secondary N) is 1. The van der Waals surface area contributed by atoms with Crippen LogP contribution in [0.4, 0.5) is 5.69 Å². The van der Waals surface area contributed by atoms with Crippen molar-refractivity contribution < 1.29 is 13.5 Å². The lowest BCUT2D eigenvalue weighted by atomic mass is 10.3. The van der Waals surface area contributed by atoms with Crippen LogP contribution in [0, 0.1) is 0 Å². The topological polar surface area (TPSA) is 84.2 Å².